The summed E-state index contributed by atoms with van der Waals surface area (Å²) < 4.78 is 5.25. The number of benzene rings is 1. The summed E-state index contributed by atoms with van der Waals surface area (Å²) in [4.78, 5) is 17.5. The molecule has 1 N–H and O–H groups in total. The van der Waals surface area contributed by atoms with Crippen LogP contribution in [-0.2, 0) is 14.4 Å². The van der Waals surface area contributed by atoms with Crippen molar-refractivity contribution in [1.82, 2.24) is 0 Å². The first-order valence-electron chi connectivity index (χ1n) is 8.20. The fourth-order valence-corrected chi connectivity index (χ4v) is 2.64. The van der Waals surface area contributed by atoms with Crippen molar-refractivity contribution in [3.8, 4) is 5.75 Å². The van der Waals surface area contributed by atoms with Gasteiger partial charge in [-0.3, -0.25) is 4.79 Å². The Balaban J connectivity index is 2.03. The molecule has 0 fully saturated rings. The van der Waals surface area contributed by atoms with Crippen LogP contribution in [-0.4, -0.2) is 29.5 Å². The first kappa shape index (κ1) is 17.3. The summed E-state index contributed by atoms with van der Waals surface area (Å²) in [6.45, 7) is 6.53. The molecular formula is C18H25NO4. The van der Waals surface area contributed by atoms with Gasteiger partial charge in [0.25, 0.3) is 0 Å². The van der Waals surface area contributed by atoms with Gasteiger partial charge in [0.1, 0.15) is 11.9 Å². The van der Waals surface area contributed by atoms with E-state index < -0.39 is 0 Å². The first-order chi connectivity index (χ1) is 11.0. The maximum Gasteiger partial charge on any atom is 0.309 e. The number of ether oxygens (including phenoxy) is 1. The molecule has 5 nitrogen and oxygen atoms in total. The molecule has 0 aliphatic carbocycles. The van der Waals surface area contributed by atoms with Crippen molar-refractivity contribution in [2.24, 2.45) is 17.0 Å². The van der Waals surface area contributed by atoms with E-state index in [0.29, 0.717) is 12.5 Å². The molecule has 0 saturated carbocycles. The van der Waals surface area contributed by atoms with E-state index >= 15 is 0 Å². The molecule has 0 radical (unpaired) electrons. The number of aromatic hydroxyl groups is 1. The summed E-state index contributed by atoms with van der Waals surface area (Å²) in [5.41, 5.74) is 1.76. The Hall–Kier alpha value is -2.04. The Morgan fingerprint density at radius 1 is 1.35 bits per heavy atom. The van der Waals surface area contributed by atoms with Gasteiger partial charge >= 0.3 is 5.97 Å². The lowest BCUT2D eigenvalue weighted by Gasteiger charge is -2.18. The molecule has 2 rings (SSSR count). The number of esters is 1. The number of rotatable bonds is 7. The Labute approximate surface area is 137 Å². The lowest BCUT2D eigenvalue weighted by atomic mass is 9.87. The van der Waals surface area contributed by atoms with Gasteiger partial charge in [-0.05, 0) is 42.2 Å². The number of hydrogen-bond acceptors (Lipinski definition) is 5. The standard InChI is InChI=1S/C18H25NO4/c1-4-5-15-16(10-17(21)22-11-12(2)3)23-19-18(15)13-6-8-14(20)9-7-13/h6-9,12,15-16,20H,4-5,10-11H2,1-3H3. The SMILES string of the molecule is CCCC1C(c2ccc(O)cc2)=NOC1CC(=O)OCC(C)C. The number of phenols is 1. The number of carbonyl (C=O) groups is 1. The van der Waals surface area contributed by atoms with Crippen molar-refractivity contribution in [3.05, 3.63) is 29.8 Å². The third kappa shape index (κ3) is 4.71. The van der Waals surface area contributed by atoms with Gasteiger partial charge in [-0.1, -0.05) is 32.3 Å². The number of nitrogens with zero attached hydrogens (tertiary/aromatic N) is 1. The minimum Gasteiger partial charge on any atom is -0.508 e. The Morgan fingerprint density at radius 2 is 2.04 bits per heavy atom. The van der Waals surface area contributed by atoms with Gasteiger partial charge in [0.2, 0.25) is 0 Å². The lowest BCUT2D eigenvalue weighted by Crippen LogP contribution is -2.27. The van der Waals surface area contributed by atoms with Gasteiger partial charge in [0, 0.05) is 5.92 Å². The highest BCUT2D eigenvalue weighted by Crippen LogP contribution is 2.30. The molecular weight excluding hydrogens is 294 g/mol. The molecule has 0 aromatic heterocycles. The number of oxime groups is 1. The summed E-state index contributed by atoms with van der Waals surface area (Å²) in [5.74, 6) is 0.357. The average Bonchev–Trinajstić information content (AvgIpc) is 2.89. The van der Waals surface area contributed by atoms with Crippen LogP contribution in [0.4, 0.5) is 0 Å². The van der Waals surface area contributed by atoms with Crippen molar-refractivity contribution < 1.29 is 19.5 Å². The molecule has 0 bridgehead atoms. The van der Waals surface area contributed by atoms with Gasteiger partial charge < -0.3 is 14.7 Å². The zero-order valence-corrected chi connectivity index (χ0v) is 14.0. The van der Waals surface area contributed by atoms with E-state index in [1.54, 1.807) is 12.1 Å². The molecule has 2 unspecified atom stereocenters. The van der Waals surface area contributed by atoms with Gasteiger partial charge in [-0.15, -0.1) is 0 Å². The third-order valence-electron chi connectivity index (χ3n) is 3.79. The number of hydrogen-bond donors (Lipinski definition) is 1. The maximum atomic E-state index is 12.0. The van der Waals surface area contributed by atoms with Crippen LogP contribution < -0.4 is 0 Å². The molecule has 23 heavy (non-hydrogen) atoms. The van der Waals surface area contributed by atoms with Crippen LogP contribution in [0.3, 0.4) is 0 Å². The van der Waals surface area contributed by atoms with Crippen LogP contribution in [0.1, 0.15) is 45.6 Å². The molecule has 0 saturated heterocycles. The summed E-state index contributed by atoms with van der Waals surface area (Å²) in [6, 6.07) is 6.90. The minimum absolute atomic E-state index is 0.0659. The Kier molecular flexibility index (Phi) is 6.02. The van der Waals surface area contributed by atoms with Crippen LogP contribution in [0.25, 0.3) is 0 Å². The summed E-state index contributed by atoms with van der Waals surface area (Å²) >= 11 is 0. The Morgan fingerprint density at radius 3 is 2.65 bits per heavy atom. The van der Waals surface area contributed by atoms with Crippen molar-refractivity contribution in [2.75, 3.05) is 6.61 Å². The van der Waals surface area contributed by atoms with Crippen molar-refractivity contribution in [1.29, 1.82) is 0 Å². The normalized spacial score (nSPS) is 20.3. The van der Waals surface area contributed by atoms with E-state index in [0.717, 1.165) is 24.1 Å². The van der Waals surface area contributed by atoms with E-state index in [1.807, 2.05) is 26.0 Å². The molecule has 2 atom stereocenters. The Bertz CT molecular complexity index is 551. The first-order valence-corrected chi connectivity index (χ1v) is 8.20. The smallest absolute Gasteiger partial charge is 0.309 e. The molecule has 1 aliphatic rings. The summed E-state index contributed by atoms with van der Waals surface area (Å²) in [5, 5.41) is 13.6. The van der Waals surface area contributed by atoms with Crippen molar-refractivity contribution in [3.63, 3.8) is 0 Å². The van der Waals surface area contributed by atoms with Crippen LogP contribution in [0.2, 0.25) is 0 Å². The van der Waals surface area contributed by atoms with Crippen LogP contribution >= 0.6 is 0 Å². The molecule has 0 amide bonds. The lowest BCUT2D eigenvalue weighted by molar-refractivity contribution is -0.148. The monoisotopic (exact) mass is 319 g/mol. The highest BCUT2D eigenvalue weighted by atomic mass is 16.6. The fraction of sp³-hybridized carbons (Fsp3) is 0.556. The molecule has 126 valence electrons. The van der Waals surface area contributed by atoms with Gasteiger partial charge in [0.15, 0.2) is 0 Å². The van der Waals surface area contributed by atoms with E-state index in [2.05, 4.69) is 12.1 Å². The quantitative estimate of drug-likeness (QED) is 0.781. The second-order valence-corrected chi connectivity index (χ2v) is 6.34. The van der Waals surface area contributed by atoms with Crippen LogP contribution in [0.15, 0.2) is 29.4 Å². The third-order valence-corrected chi connectivity index (χ3v) is 3.79. The average molecular weight is 319 g/mol. The van der Waals surface area contributed by atoms with Crippen molar-refractivity contribution >= 4 is 11.7 Å². The van der Waals surface area contributed by atoms with Crippen LogP contribution in [0.5, 0.6) is 5.75 Å². The molecule has 1 aromatic carbocycles. The second kappa shape index (κ2) is 7.99. The second-order valence-electron chi connectivity index (χ2n) is 6.34. The highest BCUT2D eigenvalue weighted by molar-refractivity contribution is 6.03. The molecule has 1 aromatic rings. The van der Waals surface area contributed by atoms with Crippen molar-refractivity contribution in [2.45, 2.75) is 46.1 Å². The summed E-state index contributed by atoms with van der Waals surface area (Å²) in [6.07, 6.45) is 1.80. The number of phenolic OH excluding ortho intramolecular Hbond substituents is 1. The molecule has 0 spiro atoms. The summed E-state index contributed by atoms with van der Waals surface area (Å²) in [7, 11) is 0. The van der Waals surface area contributed by atoms with E-state index in [9.17, 15) is 9.90 Å². The predicted octanol–water partition coefficient (Wildman–Crippen LogP) is 3.50. The number of carbonyl (C=O) groups excluding carboxylic acids is 1. The zero-order chi connectivity index (χ0) is 16.8. The van der Waals surface area contributed by atoms with Crippen LogP contribution in [0, 0.1) is 11.8 Å². The van der Waals surface area contributed by atoms with Gasteiger partial charge in [-0.2, -0.15) is 0 Å². The fourth-order valence-electron chi connectivity index (χ4n) is 2.64. The maximum absolute atomic E-state index is 12.0. The topological polar surface area (TPSA) is 68.1 Å². The zero-order valence-electron chi connectivity index (χ0n) is 14.0. The largest absolute Gasteiger partial charge is 0.508 e. The highest BCUT2D eigenvalue weighted by Gasteiger charge is 2.36. The molecule has 1 aliphatic heterocycles. The molecule has 1 heterocycles. The van der Waals surface area contributed by atoms with E-state index in [1.165, 1.54) is 0 Å². The van der Waals surface area contributed by atoms with E-state index in [4.69, 9.17) is 9.57 Å². The molecule has 5 heteroatoms. The predicted molar refractivity (Wildman–Crippen MR) is 88.3 cm³/mol. The minimum atomic E-state index is -0.279. The van der Waals surface area contributed by atoms with Gasteiger partial charge in [-0.25, -0.2) is 0 Å². The van der Waals surface area contributed by atoms with E-state index in [-0.39, 0.29) is 30.2 Å². The van der Waals surface area contributed by atoms with Gasteiger partial charge in [0.05, 0.1) is 18.7 Å².